The average molecular weight is 260 g/mol. The van der Waals surface area contributed by atoms with E-state index in [-0.39, 0.29) is 0 Å². The fourth-order valence-corrected chi connectivity index (χ4v) is 2.25. The highest BCUT2D eigenvalue weighted by atomic mass is 16.5. The van der Waals surface area contributed by atoms with Gasteiger partial charge >= 0.3 is 0 Å². The third-order valence-electron chi connectivity index (χ3n) is 3.32. The molecule has 2 aromatic heterocycles. The molecular weight excluding hydrogens is 244 g/mol. The standard InChI is InChI=1S/C13H16N4O2/c18-10-11-2-1-4-17-13(11)14-12(15-17)3-5-16-6-8-19-9-7-16/h1-2,4,10H,3,5-9H2. The van der Waals surface area contributed by atoms with Crippen molar-refractivity contribution in [1.82, 2.24) is 19.5 Å². The third-order valence-corrected chi connectivity index (χ3v) is 3.32. The first-order chi connectivity index (χ1) is 9.36. The number of carbonyl (C=O) groups excluding carboxylic acids is 1. The lowest BCUT2D eigenvalue weighted by Crippen LogP contribution is -2.37. The van der Waals surface area contributed by atoms with Crippen molar-refractivity contribution in [1.29, 1.82) is 0 Å². The molecule has 100 valence electrons. The van der Waals surface area contributed by atoms with Gasteiger partial charge in [0, 0.05) is 32.3 Å². The molecule has 0 aliphatic carbocycles. The Hall–Kier alpha value is -1.79. The van der Waals surface area contributed by atoms with Gasteiger partial charge in [0.15, 0.2) is 17.8 Å². The lowest BCUT2D eigenvalue weighted by Gasteiger charge is -2.25. The van der Waals surface area contributed by atoms with Crippen LogP contribution in [-0.2, 0) is 11.2 Å². The maximum Gasteiger partial charge on any atom is 0.166 e. The largest absolute Gasteiger partial charge is 0.379 e. The topological polar surface area (TPSA) is 59.7 Å². The van der Waals surface area contributed by atoms with E-state index in [4.69, 9.17) is 4.74 Å². The molecule has 3 rings (SSSR count). The molecule has 19 heavy (non-hydrogen) atoms. The van der Waals surface area contributed by atoms with Crippen LogP contribution >= 0.6 is 0 Å². The molecule has 1 aliphatic heterocycles. The van der Waals surface area contributed by atoms with Gasteiger partial charge in [0.05, 0.1) is 18.8 Å². The number of pyridine rings is 1. The van der Waals surface area contributed by atoms with Crippen LogP contribution in [-0.4, -0.2) is 58.6 Å². The summed E-state index contributed by atoms with van der Waals surface area (Å²) in [4.78, 5) is 17.7. The van der Waals surface area contributed by atoms with Crippen molar-refractivity contribution < 1.29 is 9.53 Å². The van der Waals surface area contributed by atoms with Crippen LogP contribution < -0.4 is 0 Å². The smallest absolute Gasteiger partial charge is 0.166 e. The predicted octanol–water partition coefficient (Wildman–Crippen LogP) is 0.416. The van der Waals surface area contributed by atoms with Crippen molar-refractivity contribution in [3.05, 3.63) is 29.7 Å². The molecule has 0 spiro atoms. The quantitative estimate of drug-likeness (QED) is 0.745. The Morgan fingerprint density at radius 3 is 3.00 bits per heavy atom. The second kappa shape index (κ2) is 5.46. The van der Waals surface area contributed by atoms with Crippen LogP contribution in [0.15, 0.2) is 18.3 Å². The summed E-state index contributed by atoms with van der Waals surface area (Å²) in [7, 11) is 0. The van der Waals surface area contributed by atoms with Crippen LogP contribution in [0.4, 0.5) is 0 Å². The van der Waals surface area contributed by atoms with Gasteiger partial charge in [-0.25, -0.2) is 9.50 Å². The van der Waals surface area contributed by atoms with Gasteiger partial charge in [-0.1, -0.05) is 0 Å². The predicted molar refractivity (Wildman–Crippen MR) is 69.3 cm³/mol. The number of aldehydes is 1. The SMILES string of the molecule is O=Cc1cccn2nc(CCN3CCOCC3)nc12. The molecule has 0 N–H and O–H groups in total. The van der Waals surface area contributed by atoms with E-state index in [2.05, 4.69) is 15.0 Å². The Kier molecular flexibility index (Phi) is 3.52. The number of aromatic nitrogens is 3. The molecule has 1 saturated heterocycles. The number of morpholine rings is 1. The van der Waals surface area contributed by atoms with E-state index in [1.165, 1.54) is 0 Å². The monoisotopic (exact) mass is 260 g/mol. The lowest BCUT2D eigenvalue weighted by molar-refractivity contribution is 0.0382. The fraction of sp³-hybridized carbons (Fsp3) is 0.462. The Balaban J connectivity index is 1.72. The van der Waals surface area contributed by atoms with E-state index in [1.807, 2.05) is 6.20 Å². The van der Waals surface area contributed by atoms with Gasteiger partial charge in [0.2, 0.25) is 0 Å². The molecule has 1 fully saturated rings. The van der Waals surface area contributed by atoms with E-state index in [1.54, 1.807) is 16.6 Å². The maximum atomic E-state index is 10.9. The fourth-order valence-electron chi connectivity index (χ4n) is 2.25. The Morgan fingerprint density at radius 2 is 2.21 bits per heavy atom. The highest BCUT2D eigenvalue weighted by Crippen LogP contribution is 2.07. The average Bonchev–Trinajstić information content (AvgIpc) is 2.89. The van der Waals surface area contributed by atoms with Crippen molar-refractivity contribution in [3.8, 4) is 0 Å². The van der Waals surface area contributed by atoms with Gasteiger partial charge in [-0.05, 0) is 12.1 Å². The zero-order valence-corrected chi connectivity index (χ0v) is 10.7. The first-order valence-corrected chi connectivity index (χ1v) is 6.46. The van der Waals surface area contributed by atoms with Gasteiger partial charge in [0.25, 0.3) is 0 Å². The van der Waals surface area contributed by atoms with Crippen molar-refractivity contribution in [2.75, 3.05) is 32.8 Å². The summed E-state index contributed by atoms with van der Waals surface area (Å²) in [5.74, 6) is 0.779. The third kappa shape index (κ3) is 2.64. The van der Waals surface area contributed by atoms with Gasteiger partial charge < -0.3 is 4.74 Å². The molecule has 0 amide bonds. The van der Waals surface area contributed by atoms with Gasteiger partial charge in [-0.15, -0.1) is 0 Å². The van der Waals surface area contributed by atoms with E-state index in [0.717, 1.165) is 51.4 Å². The molecule has 1 aliphatic rings. The van der Waals surface area contributed by atoms with Gasteiger partial charge in [-0.3, -0.25) is 9.69 Å². The first kappa shape index (κ1) is 12.3. The Labute approximate surface area is 111 Å². The molecular formula is C13H16N4O2. The summed E-state index contributed by atoms with van der Waals surface area (Å²) in [6.07, 6.45) is 3.42. The summed E-state index contributed by atoms with van der Waals surface area (Å²) >= 11 is 0. The van der Waals surface area contributed by atoms with Crippen molar-refractivity contribution in [2.24, 2.45) is 0 Å². The van der Waals surface area contributed by atoms with Crippen molar-refractivity contribution >= 4 is 11.9 Å². The lowest BCUT2D eigenvalue weighted by atomic mass is 10.3. The number of carbonyl (C=O) groups is 1. The minimum atomic E-state index is 0.577. The molecule has 0 aromatic carbocycles. The molecule has 6 heteroatoms. The number of ether oxygens (including phenoxy) is 1. The number of hydrogen-bond donors (Lipinski definition) is 0. The normalized spacial score (nSPS) is 16.8. The summed E-state index contributed by atoms with van der Waals surface area (Å²) < 4.78 is 6.98. The van der Waals surface area contributed by atoms with Crippen LogP contribution in [0, 0.1) is 0 Å². The molecule has 0 bridgehead atoms. The van der Waals surface area contributed by atoms with Gasteiger partial charge in [0.1, 0.15) is 0 Å². The Morgan fingerprint density at radius 1 is 1.37 bits per heavy atom. The number of fused-ring (bicyclic) bond motifs is 1. The molecule has 0 unspecified atom stereocenters. The molecule has 0 saturated carbocycles. The first-order valence-electron chi connectivity index (χ1n) is 6.46. The van der Waals surface area contributed by atoms with Crippen molar-refractivity contribution in [2.45, 2.75) is 6.42 Å². The molecule has 0 atom stereocenters. The van der Waals surface area contributed by atoms with Crippen LogP contribution in [0.5, 0.6) is 0 Å². The maximum absolute atomic E-state index is 10.9. The summed E-state index contributed by atoms with van der Waals surface area (Å²) in [5, 5.41) is 4.39. The highest BCUT2D eigenvalue weighted by Gasteiger charge is 2.12. The van der Waals surface area contributed by atoms with Gasteiger partial charge in [-0.2, -0.15) is 5.10 Å². The molecule has 0 radical (unpaired) electrons. The van der Waals surface area contributed by atoms with Crippen LogP contribution in [0.3, 0.4) is 0 Å². The second-order valence-electron chi connectivity index (χ2n) is 4.58. The van der Waals surface area contributed by atoms with E-state index < -0.39 is 0 Å². The summed E-state index contributed by atoms with van der Waals surface area (Å²) in [5.41, 5.74) is 1.21. The van der Waals surface area contributed by atoms with Crippen LogP contribution in [0.1, 0.15) is 16.2 Å². The van der Waals surface area contributed by atoms with Crippen molar-refractivity contribution in [3.63, 3.8) is 0 Å². The zero-order chi connectivity index (χ0) is 13.1. The number of rotatable bonds is 4. The number of nitrogens with zero attached hydrogens (tertiary/aromatic N) is 4. The van der Waals surface area contributed by atoms with E-state index in [0.29, 0.717) is 11.2 Å². The summed E-state index contributed by atoms with van der Waals surface area (Å²) in [6, 6.07) is 3.56. The number of hydrogen-bond acceptors (Lipinski definition) is 5. The minimum absolute atomic E-state index is 0.577. The Bertz CT molecular complexity index is 575. The van der Waals surface area contributed by atoms with E-state index >= 15 is 0 Å². The zero-order valence-electron chi connectivity index (χ0n) is 10.7. The molecule has 3 heterocycles. The molecule has 2 aromatic rings. The van der Waals surface area contributed by atoms with Crippen LogP contribution in [0.2, 0.25) is 0 Å². The summed E-state index contributed by atoms with van der Waals surface area (Å²) in [6.45, 7) is 4.46. The highest BCUT2D eigenvalue weighted by molar-refractivity contribution is 5.83. The molecule has 6 nitrogen and oxygen atoms in total. The van der Waals surface area contributed by atoms with Crippen LogP contribution in [0.25, 0.3) is 5.65 Å². The minimum Gasteiger partial charge on any atom is -0.379 e. The second-order valence-corrected chi connectivity index (χ2v) is 4.58. The van der Waals surface area contributed by atoms with E-state index in [9.17, 15) is 4.79 Å².